The third-order valence-corrected chi connectivity index (χ3v) is 4.08. The Hall–Kier alpha value is -3.01. The summed E-state index contributed by atoms with van der Waals surface area (Å²) in [6.45, 7) is 2.19. The van der Waals surface area contributed by atoms with E-state index in [0.29, 0.717) is 18.0 Å². The maximum absolute atomic E-state index is 12.4. The number of carbonyl (C=O) groups excluding carboxylic acids is 1. The Balaban J connectivity index is 1.65. The van der Waals surface area contributed by atoms with E-state index in [-0.39, 0.29) is 5.91 Å². The van der Waals surface area contributed by atoms with Crippen molar-refractivity contribution in [2.75, 3.05) is 7.11 Å². The smallest absolute Gasteiger partial charge is 0.261 e. The van der Waals surface area contributed by atoms with Crippen molar-refractivity contribution >= 4 is 16.7 Å². The number of nitrogens with one attached hydrogen (secondary N) is 1. The van der Waals surface area contributed by atoms with Gasteiger partial charge < -0.3 is 14.8 Å². The number of para-hydroxylation sites is 2. The summed E-state index contributed by atoms with van der Waals surface area (Å²) in [7, 11) is 1.58. The Morgan fingerprint density at radius 1 is 0.960 bits per heavy atom. The normalized spacial score (nSPS) is 11.8. The number of benzene rings is 3. The molecule has 0 radical (unpaired) electrons. The molecular formula is C21H21NO3. The predicted octanol–water partition coefficient (Wildman–Crippen LogP) is 3.93. The molecule has 0 bridgehead atoms. The summed E-state index contributed by atoms with van der Waals surface area (Å²) in [5.41, 5.74) is 1.08. The van der Waals surface area contributed by atoms with Crippen molar-refractivity contribution in [3.8, 4) is 11.5 Å². The topological polar surface area (TPSA) is 47.6 Å². The molecule has 0 unspecified atom stereocenters. The fourth-order valence-corrected chi connectivity index (χ4v) is 2.73. The second-order valence-corrected chi connectivity index (χ2v) is 5.77. The summed E-state index contributed by atoms with van der Waals surface area (Å²) in [5, 5.41) is 5.25. The Labute approximate surface area is 147 Å². The lowest BCUT2D eigenvalue weighted by Gasteiger charge is -2.17. The summed E-state index contributed by atoms with van der Waals surface area (Å²) in [4.78, 5) is 12.4. The van der Waals surface area contributed by atoms with Crippen molar-refractivity contribution in [2.45, 2.75) is 19.6 Å². The van der Waals surface area contributed by atoms with E-state index >= 15 is 0 Å². The number of amides is 1. The molecule has 3 aromatic carbocycles. The molecule has 0 saturated carbocycles. The lowest BCUT2D eigenvalue weighted by Crippen LogP contribution is -2.36. The summed E-state index contributed by atoms with van der Waals surface area (Å²) in [6.07, 6.45) is -0.619. The first-order valence-electron chi connectivity index (χ1n) is 8.23. The fraction of sp³-hybridized carbons (Fsp3) is 0.190. The van der Waals surface area contributed by atoms with Gasteiger partial charge in [0.1, 0.15) is 0 Å². The summed E-state index contributed by atoms with van der Waals surface area (Å²) < 4.78 is 11.0. The van der Waals surface area contributed by atoms with Gasteiger partial charge in [0.05, 0.1) is 7.11 Å². The number of rotatable bonds is 6. The van der Waals surface area contributed by atoms with Crippen LogP contribution in [0, 0.1) is 0 Å². The van der Waals surface area contributed by atoms with Crippen molar-refractivity contribution in [2.24, 2.45) is 0 Å². The first-order chi connectivity index (χ1) is 12.2. The average Bonchev–Trinajstić information content (AvgIpc) is 2.66. The van der Waals surface area contributed by atoms with Gasteiger partial charge in [0.25, 0.3) is 5.91 Å². The Morgan fingerprint density at radius 3 is 2.44 bits per heavy atom. The van der Waals surface area contributed by atoms with Crippen LogP contribution in [0.2, 0.25) is 0 Å². The SMILES string of the molecule is COc1ccccc1O[C@@H](C)C(=O)NCc1cccc2ccccc12. The minimum Gasteiger partial charge on any atom is -0.493 e. The Bertz CT molecular complexity index is 870. The summed E-state index contributed by atoms with van der Waals surface area (Å²) in [5.74, 6) is 0.993. The molecule has 0 spiro atoms. The van der Waals surface area contributed by atoms with Gasteiger partial charge in [0.2, 0.25) is 0 Å². The molecule has 128 valence electrons. The van der Waals surface area contributed by atoms with E-state index in [9.17, 15) is 4.79 Å². The van der Waals surface area contributed by atoms with Gasteiger partial charge in [-0.15, -0.1) is 0 Å². The van der Waals surface area contributed by atoms with Gasteiger partial charge >= 0.3 is 0 Å². The number of methoxy groups -OCH3 is 1. The average molecular weight is 335 g/mol. The zero-order valence-corrected chi connectivity index (χ0v) is 14.4. The van der Waals surface area contributed by atoms with E-state index in [1.807, 2.05) is 36.4 Å². The van der Waals surface area contributed by atoms with Crippen LogP contribution < -0.4 is 14.8 Å². The van der Waals surface area contributed by atoms with E-state index in [0.717, 1.165) is 16.3 Å². The highest BCUT2D eigenvalue weighted by Crippen LogP contribution is 2.26. The molecule has 0 aliphatic carbocycles. The molecule has 25 heavy (non-hydrogen) atoms. The van der Waals surface area contributed by atoms with Crippen LogP contribution in [0.25, 0.3) is 10.8 Å². The lowest BCUT2D eigenvalue weighted by atomic mass is 10.0. The number of carbonyl (C=O) groups is 1. The van der Waals surface area contributed by atoms with Crippen molar-refractivity contribution in [3.05, 3.63) is 72.3 Å². The van der Waals surface area contributed by atoms with Crippen LogP contribution in [0.4, 0.5) is 0 Å². The molecule has 0 aliphatic rings. The highest BCUT2D eigenvalue weighted by atomic mass is 16.5. The summed E-state index contributed by atoms with van der Waals surface area (Å²) in [6, 6.07) is 21.5. The molecule has 0 heterocycles. The van der Waals surface area contributed by atoms with Gasteiger partial charge in [-0.3, -0.25) is 4.79 Å². The molecule has 0 fully saturated rings. The molecule has 1 atom stereocenters. The zero-order valence-electron chi connectivity index (χ0n) is 14.4. The van der Waals surface area contributed by atoms with Gasteiger partial charge in [-0.25, -0.2) is 0 Å². The van der Waals surface area contributed by atoms with E-state index in [2.05, 4.69) is 23.5 Å². The maximum atomic E-state index is 12.4. The van der Waals surface area contributed by atoms with Crippen molar-refractivity contribution in [3.63, 3.8) is 0 Å². The fourth-order valence-electron chi connectivity index (χ4n) is 2.73. The monoisotopic (exact) mass is 335 g/mol. The number of ether oxygens (including phenoxy) is 2. The van der Waals surface area contributed by atoms with E-state index in [4.69, 9.17) is 9.47 Å². The molecule has 4 heteroatoms. The number of hydrogen-bond donors (Lipinski definition) is 1. The minimum absolute atomic E-state index is 0.168. The second kappa shape index (κ2) is 7.71. The summed E-state index contributed by atoms with van der Waals surface area (Å²) >= 11 is 0. The van der Waals surface area contributed by atoms with Gasteiger partial charge in [-0.1, -0.05) is 54.6 Å². The standard InChI is InChI=1S/C21H21NO3/c1-15(25-20-13-6-5-12-19(20)24-2)21(23)22-14-17-10-7-9-16-8-3-4-11-18(16)17/h3-13,15H,14H2,1-2H3,(H,22,23)/t15-/m0/s1. The van der Waals surface area contributed by atoms with Crippen LogP contribution in [0.3, 0.4) is 0 Å². The molecule has 0 saturated heterocycles. The van der Waals surface area contributed by atoms with E-state index < -0.39 is 6.10 Å². The van der Waals surface area contributed by atoms with Gasteiger partial charge in [0.15, 0.2) is 17.6 Å². The molecule has 3 rings (SSSR count). The van der Waals surface area contributed by atoms with Crippen LogP contribution in [-0.2, 0) is 11.3 Å². The first kappa shape index (κ1) is 16.8. The van der Waals surface area contributed by atoms with Gasteiger partial charge in [-0.2, -0.15) is 0 Å². The third-order valence-electron chi connectivity index (χ3n) is 4.08. The van der Waals surface area contributed by atoms with E-state index in [1.54, 1.807) is 26.2 Å². The molecule has 3 aromatic rings. The Kier molecular flexibility index (Phi) is 5.19. The third kappa shape index (κ3) is 3.91. The van der Waals surface area contributed by atoms with Crippen molar-refractivity contribution in [1.29, 1.82) is 0 Å². The molecule has 4 nitrogen and oxygen atoms in total. The quantitative estimate of drug-likeness (QED) is 0.742. The molecule has 1 N–H and O–H groups in total. The van der Waals surface area contributed by atoms with Crippen LogP contribution >= 0.6 is 0 Å². The van der Waals surface area contributed by atoms with Crippen LogP contribution in [0.5, 0.6) is 11.5 Å². The minimum atomic E-state index is -0.619. The second-order valence-electron chi connectivity index (χ2n) is 5.77. The first-order valence-corrected chi connectivity index (χ1v) is 8.23. The lowest BCUT2D eigenvalue weighted by molar-refractivity contribution is -0.127. The van der Waals surface area contributed by atoms with Gasteiger partial charge in [-0.05, 0) is 35.4 Å². The van der Waals surface area contributed by atoms with Crippen molar-refractivity contribution in [1.82, 2.24) is 5.32 Å². The van der Waals surface area contributed by atoms with Crippen LogP contribution in [0.15, 0.2) is 66.7 Å². The Morgan fingerprint density at radius 2 is 1.64 bits per heavy atom. The molecule has 0 aromatic heterocycles. The predicted molar refractivity (Wildman–Crippen MR) is 98.9 cm³/mol. The number of hydrogen-bond acceptors (Lipinski definition) is 3. The highest BCUT2D eigenvalue weighted by Gasteiger charge is 2.16. The van der Waals surface area contributed by atoms with Gasteiger partial charge in [0, 0.05) is 6.54 Å². The molecule has 1 amide bonds. The maximum Gasteiger partial charge on any atom is 0.261 e. The van der Waals surface area contributed by atoms with Crippen LogP contribution in [0.1, 0.15) is 12.5 Å². The molecule has 0 aliphatic heterocycles. The van der Waals surface area contributed by atoms with E-state index in [1.165, 1.54) is 0 Å². The zero-order chi connectivity index (χ0) is 17.6. The van der Waals surface area contributed by atoms with Crippen molar-refractivity contribution < 1.29 is 14.3 Å². The highest BCUT2D eigenvalue weighted by molar-refractivity contribution is 5.86. The largest absolute Gasteiger partial charge is 0.493 e. The molecular weight excluding hydrogens is 314 g/mol. The number of fused-ring (bicyclic) bond motifs is 1. The van der Waals surface area contributed by atoms with Crippen LogP contribution in [-0.4, -0.2) is 19.1 Å².